The smallest absolute Gasteiger partial charge is 0.347 e. The van der Waals surface area contributed by atoms with Crippen LogP contribution in [0.1, 0.15) is 60.3 Å². The summed E-state index contributed by atoms with van der Waals surface area (Å²) in [6, 6.07) is 2.61. The molecule has 7 rings (SSSR count). The lowest BCUT2D eigenvalue weighted by Crippen LogP contribution is -2.57. The number of benzene rings is 2. The van der Waals surface area contributed by atoms with Crippen LogP contribution in [0, 0.1) is 25.7 Å². The zero-order valence-electron chi connectivity index (χ0n) is 21.7. The quantitative estimate of drug-likeness (QED) is 0.453. The van der Waals surface area contributed by atoms with Crippen LogP contribution in [-0.4, -0.2) is 53.5 Å². The lowest BCUT2D eigenvalue weighted by molar-refractivity contribution is -0.154. The number of fused-ring (bicyclic) bond motifs is 4. The normalized spacial score (nSPS) is 29.2. The fourth-order valence-corrected chi connectivity index (χ4v) is 8.08. The Kier molecular flexibility index (Phi) is 4.51. The molecule has 0 amide bonds. The Morgan fingerprint density at radius 1 is 0.975 bits per heavy atom. The number of carbonyl (C=O) groups excluding carboxylic acids is 4. The second-order valence-electron chi connectivity index (χ2n) is 10.9. The minimum absolute atomic E-state index is 0.0471. The molecule has 11 nitrogen and oxygen atoms in total. The van der Waals surface area contributed by atoms with Gasteiger partial charge in [-0.3, -0.25) is 14.4 Å². The SMILES string of the molecule is CO[C@]12c3c(C)cc(O)c4c(=O)occ(c34)C(=O)[C@H]1[C@@]13COC(=O)c4c(O)cc(C)c(c41)C(=O)[C@@H]2[C@@H]3OC(C)=O. The number of ketones is 2. The maximum Gasteiger partial charge on any atom is 0.347 e. The number of phenols is 2. The Morgan fingerprint density at radius 3 is 2.35 bits per heavy atom. The van der Waals surface area contributed by atoms with Gasteiger partial charge in [-0.1, -0.05) is 0 Å². The van der Waals surface area contributed by atoms with E-state index in [1.807, 2.05) is 0 Å². The van der Waals surface area contributed by atoms with Crippen LogP contribution < -0.4 is 5.63 Å². The minimum atomic E-state index is -1.83. The van der Waals surface area contributed by atoms with Gasteiger partial charge in [0.2, 0.25) is 0 Å². The molecule has 204 valence electrons. The summed E-state index contributed by atoms with van der Waals surface area (Å²) in [6.07, 6.45) is -0.353. The number of methoxy groups -OCH3 is 1. The van der Waals surface area contributed by atoms with Crippen molar-refractivity contribution in [1.82, 2.24) is 0 Å². The van der Waals surface area contributed by atoms with E-state index in [1.54, 1.807) is 13.8 Å². The number of rotatable bonds is 2. The number of hydrogen-bond donors (Lipinski definition) is 2. The molecule has 3 aliphatic carbocycles. The van der Waals surface area contributed by atoms with E-state index in [-0.39, 0.29) is 38.6 Å². The molecular formula is C29H22O11. The second-order valence-corrected chi connectivity index (χ2v) is 10.9. The zero-order chi connectivity index (χ0) is 28.6. The molecule has 1 aliphatic heterocycles. The summed E-state index contributed by atoms with van der Waals surface area (Å²) in [5, 5.41) is 21.5. The summed E-state index contributed by atoms with van der Waals surface area (Å²) < 4.78 is 22.8. The number of carbonyl (C=O) groups is 4. The van der Waals surface area contributed by atoms with Gasteiger partial charge >= 0.3 is 17.6 Å². The molecule has 0 radical (unpaired) electrons. The maximum atomic E-state index is 14.6. The number of hydrogen-bond acceptors (Lipinski definition) is 11. The topological polar surface area (TPSA) is 167 Å². The maximum absolute atomic E-state index is 14.6. The van der Waals surface area contributed by atoms with Crippen molar-refractivity contribution in [3.63, 3.8) is 0 Å². The van der Waals surface area contributed by atoms with Crippen LogP contribution in [0.4, 0.5) is 0 Å². The lowest BCUT2D eigenvalue weighted by Gasteiger charge is -2.47. The van der Waals surface area contributed by atoms with Gasteiger partial charge in [-0.25, -0.2) is 9.59 Å². The van der Waals surface area contributed by atoms with Crippen LogP contribution in [-0.2, 0) is 30.0 Å². The lowest BCUT2D eigenvalue weighted by atomic mass is 9.59. The molecule has 1 fully saturated rings. The van der Waals surface area contributed by atoms with E-state index >= 15 is 0 Å². The van der Waals surface area contributed by atoms with Gasteiger partial charge in [-0.15, -0.1) is 0 Å². The Bertz CT molecular complexity index is 1850. The number of ether oxygens (including phenoxy) is 3. The number of cyclic esters (lactones) is 1. The molecular weight excluding hydrogens is 524 g/mol. The zero-order valence-corrected chi connectivity index (χ0v) is 21.7. The predicted molar refractivity (Wildman–Crippen MR) is 134 cm³/mol. The van der Waals surface area contributed by atoms with Crippen LogP contribution in [0.2, 0.25) is 0 Å². The number of Topliss-reactive ketones (excluding diaryl/α,β-unsaturated/α-hetero) is 2. The van der Waals surface area contributed by atoms with Gasteiger partial charge in [0.05, 0.1) is 22.8 Å². The minimum Gasteiger partial charge on any atom is -0.507 e. The predicted octanol–water partition coefficient (Wildman–Crippen LogP) is 2.34. The molecule has 2 N–H and O–H groups in total. The van der Waals surface area contributed by atoms with Crippen LogP contribution in [0.15, 0.2) is 27.6 Å². The van der Waals surface area contributed by atoms with Crippen molar-refractivity contribution < 1.29 is 48.0 Å². The van der Waals surface area contributed by atoms with Crippen LogP contribution in [0.3, 0.4) is 0 Å². The summed E-state index contributed by atoms with van der Waals surface area (Å²) in [7, 11) is 1.31. The van der Waals surface area contributed by atoms with Crippen molar-refractivity contribution in [2.75, 3.05) is 13.7 Å². The first-order valence-electron chi connectivity index (χ1n) is 12.6. The van der Waals surface area contributed by atoms with Crippen LogP contribution >= 0.6 is 0 Å². The first-order valence-corrected chi connectivity index (χ1v) is 12.6. The van der Waals surface area contributed by atoms with E-state index in [2.05, 4.69) is 0 Å². The van der Waals surface area contributed by atoms with Crippen molar-refractivity contribution >= 4 is 34.3 Å². The highest BCUT2D eigenvalue weighted by atomic mass is 16.6. The van der Waals surface area contributed by atoms with Crippen LogP contribution in [0.5, 0.6) is 11.5 Å². The molecule has 0 saturated heterocycles. The molecule has 1 aromatic heterocycles. The van der Waals surface area contributed by atoms with Crippen molar-refractivity contribution in [3.05, 3.63) is 67.8 Å². The van der Waals surface area contributed by atoms with E-state index in [4.69, 9.17) is 18.6 Å². The highest BCUT2D eigenvalue weighted by Crippen LogP contribution is 2.70. The molecule has 2 heterocycles. The summed E-state index contributed by atoms with van der Waals surface area (Å²) in [5.41, 5.74) is -3.47. The summed E-state index contributed by atoms with van der Waals surface area (Å²) >= 11 is 0. The number of aryl methyl sites for hydroxylation is 2. The molecule has 40 heavy (non-hydrogen) atoms. The van der Waals surface area contributed by atoms with Gasteiger partial charge in [0.15, 0.2) is 11.6 Å². The molecule has 11 heteroatoms. The molecule has 2 aromatic carbocycles. The van der Waals surface area contributed by atoms with Crippen molar-refractivity contribution in [2.45, 2.75) is 37.9 Å². The Hall–Kier alpha value is -4.51. The van der Waals surface area contributed by atoms with Gasteiger partial charge in [0.25, 0.3) is 0 Å². The number of esters is 2. The van der Waals surface area contributed by atoms with E-state index < -0.39 is 76.2 Å². The highest BCUT2D eigenvalue weighted by molar-refractivity contribution is 6.19. The Morgan fingerprint density at radius 2 is 1.68 bits per heavy atom. The standard InChI is InChI=1S/C29H22O11/c1-9-5-14(32)18-20-15(9)23(34)21-25(40-11(3)30)28(20,8-39-27(18)36)24-22(33)12-7-38-26(35)17-13(31)6-10(2)19(16(12)17)29(21,24)37-4/h5-7,21,24-25,31-32H,8H2,1-4H3/t21-,24+,25+,28-,29+/m1/s1. The number of phenolic OH excluding ortho intramolecular Hbond substituents is 2. The first-order chi connectivity index (χ1) is 18.9. The molecule has 2 bridgehead atoms. The summed E-state index contributed by atoms with van der Waals surface area (Å²) in [4.78, 5) is 67.6. The third-order valence-electron chi connectivity index (χ3n) is 9.17. The third kappa shape index (κ3) is 2.40. The average Bonchev–Trinajstić information content (AvgIpc) is 3.06. The van der Waals surface area contributed by atoms with Crippen molar-refractivity contribution in [3.8, 4) is 11.5 Å². The van der Waals surface area contributed by atoms with E-state index in [9.17, 15) is 34.2 Å². The fourth-order valence-electron chi connectivity index (χ4n) is 8.08. The first kappa shape index (κ1) is 24.5. The van der Waals surface area contributed by atoms with Gasteiger partial charge in [0.1, 0.15) is 47.0 Å². The monoisotopic (exact) mass is 546 g/mol. The van der Waals surface area contributed by atoms with Crippen molar-refractivity contribution in [1.29, 1.82) is 0 Å². The van der Waals surface area contributed by atoms with E-state index in [0.717, 1.165) is 13.2 Å². The van der Waals surface area contributed by atoms with Crippen molar-refractivity contribution in [2.24, 2.45) is 11.8 Å². The average molecular weight is 546 g/mol. The number of aromatic hydroxyl groups is 2. The summed E-state index contributed by atoms with van der Waals surface area (Å²) in [5.74, 6) is -6.33. The Labute approximate surface area is 225 Å². The molecule has 4 aliphatic rings. The highest BCUT2D eigenvalue weighted by Gasteiger charge is 2.80. The molecule has 0 unspecified atom stereocenters. The van der Waals surface area contributed by atoms with Gasteiger partial charge in [0, 0.05) is 25.0 Å². The Balaban J connectivity index is 1.73. The van der Waals surface area contributed by atoms with E-state index in [1.165, 1.54) is 19.2 Å². The molecule has 1 spiro atoms. The molecule has 1 saturated carbocycles. The van der Waals surface area contributed by atoms with Gasteiger partial charge in [-0.2, -0.15) is 0 Å². The third-order valence-corrected chi connectivity index (χ3v) is 9.17. The largest absolute Gasteiger partial charge is 0.507 e. The molecule has 5 atom stereocenters. The van der Waals surface area contributed by atoms with E-state index in [0.29, 0.717) is 11.1 Å². The second kappa shape index (κ2) is 7.36. The van der Waals surface area contributed by atoms with Gasteiger partial charge in [-0.05, 0) is 48.2 Å². The summed E-state index contributed by atoms with van der Waals surface area (Å²) in [6.45, 7) is 3.94. The fraction of sp³-hybridized carbons (Fsp3) is 0.345. The molecule has 3 aromatic rings. The van der Waals surface area contributed by atoms with Gasteiger partial charge < -0.3 is 28.8 Å². The van der Waals surface area contributed by atoms with Crippen LogP contribution in [0.25, 0.3) is 10.8 Å².